The number of hydrogen-bond donors (Lipinski definition) is 3. The molecule has 10 heteroatoms. The molecule has 2 aromatic rings. The number of carbonyl (C=O) groups excluding carboxylic acids is 1. The second-order valence-corrected chi connectivity index (χ2v) is 4.56. The first-order valence-corrected chi connectivity index (χ1v) is 6.22. The molecular formula is C12H13F3N6O. The average Bonchev–Trinajstić information content (AvgIpc) is 2.90. The zero-order valence-electron chi connectivity index (χ0n) is 11.7. The Morgan fingerprint density at radius 1 is 1.27 bits per heavy atom. The largest absolute Gasteiger partial charge is 0.453 e. The highest BCUT2D eigenvalue weighted by molar-refractivity contribution is 5.90. The van der Waals surface area contributed by atoms with Gasteiger partial charge in [-0.15, -0.1) is 5.10 Å². The average molecular weight is 314 g/mol. The van der Waals surface area contributed by atoms with Gasteiger partial charge in [0.15, 0.2) is 0 Å². The van der Waals surface area contributed by atoms with Gasteiger partial charge in [-0.25, -0.2) is 9.78 Å². The lowest BCUT2D eigenvalue weighted by Gasteiger charge is -2.11. The van der Waals surface area contributed by atoms with Crippen molar-refractivity contribution in [3.8, 4) is 0 Å². The Kier molecular flexibility index (Phi) is 4.29. The molecule has 2 heterocycles. The Bertz CT molecular complexity index is 661. The summed E-state index contributed by atoms with van der Waals surface area (Å²) in [4.78, 5) is 19.0. The van der Waals surface area contributed by atoms with E-state index in [1.807, 2.05) is 0 Å². The van der Waals surface area contributed by atoms with Crippen molar-refractivity contribution in [1.82, 2.24) is 25.5 Å². The summed E-state index contributed by atoms with van der Waals surface area (Å²) in [7, 11) is 0. The molecule has 2 amide bonds. The number of aromatic nitrogens is 4. The second kappa shape index (κ2) is 6.00. The highest BCUT2D eigenvalue weighted by atomic mass is 19.4. The van der Waals surface area contributed by atoms with Crippen LogP contribution in [0.1, 0.15) is 22.8 Å². The van der Waals surface area contributed by atoms with Crippen molar-refractivity contribution in [2.75, 3.05) is 5.32 Å². The summed E-state index contributed by atoms with van der Waals surface area (Å²) in [6, 6.07) is -0.567. The number of nitrogens with zero attached hydrogens (tertiary/aromatic N) is 3. The van der Waals surface area contributed by atoms with Crippen LogP contribution >= 0.6 is 0 Å². The number of nitrogens with one attached hydrogen (secondary N) is 3. The lowest BCUT2D eigenvalue weighted by atomic mass is 10.2. The van der Waals surface area contributed by atoms with E-state index in [0.29, 0.717) is 5.69 Å². The van der Waals surface area contributed by atoms with Crippen molar-refractivity contribution in [2.24, 2.45) is 0 Å². The molecule has 3 N–H and O–H groups in total. The number of alkyl halides is 3. The molecule has 0 unspecified atom stereocenters. The maximum Gasteiger partial charge on any atom is 0.453 e. The number of aromatic amines is 1. The molecule has 0 bridgehead atoms. The van der Waals surface area contributed by atoms with Crippen LogP contribution in [0.5, 0.6) is 0 Å². The number of hydrogen-bond acceptors (Lipinski definition) is 4. The predicted octanol–water partition coefficient (Wildman–Crippen LogP) is 2.16. The number of pyridine rings is 1. The van der Waals surface area contributed by atoms with Crippen molar-refractivity contribution in [3.05, 3.63) is 35.2 Å². The second-order valence-electron chi connectivity index (χ2n) is 4.56. The molecule has 0 fully saturated rings. The van der Waals surface area contributed by atoms with Crippen molar-refractivity contribution < 1.29 is 18.0 Å². The number of carbonyl (C=O) groups is 1. The number of rotatable bonds is 3. The molecule has 22 heavy (non-hydrogen) atoms. The van der Waals surface area contributed by atoms with Gasteiger partial charge in [0.1, 0.15) is 5.82 Å². The Morgan fingerprint density at radius 3 is 2.45 bits per heavy atom. The quantitative estimate of drug-likeness (QED) is 0.809. The molecule has 0 aromatic carbocycles. The van der Waals surface area contributed by atoms with Gasteiger partial charge in [-0.3, -0.25) is 10.1 Å². The minimum absolute atomic E-state index is 0.0920. The van der Waals surface area contributed by atoms with E-state index >= 15 is 0 Å². The van der Waals surface area contributed by atoms with E-state index in [-0.39, 0.29) is 12.4 Å². The van der Waals surface area contributed by atoms with Crippen molar-refractivity contribution in [3.63, 3.8) is 0 Å². The number of halogens is 3. The standard InChI is InChI=1S/C12H13F3N6O/c1-6-3-16-4-7(2)9(6)19-11(22)17-5-8-18-10(21-20-8)12(13,14)15/h3-4H,5H2,1-2H3,(H,18,20,21)(H2,16,17,19,22). The molecule has 0 aliphatic rings. The minimum Gasteiger partial charge on any atom is -0.331 e. The van der Waals surface area contributed by atoms with Crippen LogP contribution in [0.25, 0.3) is 0 Å². The third-order valence-corrected chi connectivity index (χ3v) is 2.77. The van der Waals surface area contributed by atoms with E-state index in [0.717, 1.165) is 11.1 Å². The fourth-order valence-electron chi connectivity index (χ4n) is 1.72. The molecule has 0 aliphatic carbocycles. The smallest absolute Gasteiger partial charge is 0.331 e. The van der Waals surface area contributed by atoms with Crippen LogP contribution < -0.4 is 10.6 Å². The monoisotopic (exact) mass is 314 g/mol. The lowest BCUT2D eigenvalue weighted by Crippen LogP contribution is -2.29. The zero-order valence-corrected chi connectivity index (χ0v) is 11.7. The molecule has 118 valence electrons. The van der Waals surface area contributed by atoms with Gasteiger partial charge in [-0.1, -0.05) is 0 Å². The van der Waals surface area contributed by atoms with Crippen LogP contribution in [0, 0.1) is 13.8 Å². The van der Waals surface area contributed by atoms with E-state index in [1.165, 1.54) is 0 Å². The Balaban J connectivity index is 1.95. The summed E-state index contributed by atoms with van der Waals surface area (Å²) in [6.45, 7) is 3.35. The van der Waals surface area contributed by atoms with E-state index in [1.54, 1.807) is 26.2 Å². The summed E-state index contributed by atoms with van der Waals surface area (Å²) in [5.74, 6) is -1.36. The van der Waals surface area contributed by atoms with Gasteiger partial charge in [0.05, 0.1) is 12.2 Å². The highest BCUT2D eigenvalue weighted by Crippen LogP contribution is 2.25. The summed E-state index contributed by atoms with van der Waals surface area (Å²) in [5, 5.41) is 10.2. The third kappa shape index (κ3) is 3.71. The van der Waals surface area contributed by atoms with E-state index < -0.39 is 18.0 Å². The Labute approximate surface area is 123 Å². The molecule has 7 nitrogen and oxygen atoms in total. The van der Waals surface area contributed by atoms with Gasteiger partial charge in [0, 0.05) is 12.4 Å². The summed E-state index contributed by atoms with van der Waals surface area (Å²) in [6.07, 6.45) is -1.44. The molecule has 0 aliphatic heterocycles. The Morgan fingerprint density at radius 2 is 1.91 bits per heavy atom. The number of aryl methyl sites for hydroxylation is 2. The number of urea groups is 1. The summed E-state index contributed by atoms with van der Waals surface area (Å²) < 4.78 is 37.0. The first-order valence-electron chi connectivity index (χ1n) is 6.22. The SMILES string of the molecule is Cc1cncc(C)c1NC(=O)NCc1nc(C(F)(F)F)n[nH]1. The van der Waals surface area contributed by atoms with Crippen LogP contribution in [-0.4, -0.2) is 26.2 Å². The van der Waals surface area contributed by atoms with E-state index in [4.69, 9.17) is 0 Å². The van der Waals surface area contributed by atoms with Gasteiger partial charge >= 0.3 is 12.2 Å². The van der Waals surface area contributed by atoms with Gasteiger partial charge in [-0.2, -0.15) is 13.2 Å². The van der Waals surface area contributed by atoms with Crippen LogP contribution in [0.3, 0.4) is 0 Å². The summed E-state index contributed by atoms with van der Waals surface area (Å²) >= 11 is 0. The molecule has 2 aromatic heterocycles. The molecule has 0 saturated carbocycles. The van der Waals surface area contributed by atoms with Crippen LogP contribution in [0.2, 0.25) is 0 Å². The van der Waals surface area contributed by atoms with Crippen molar-refractivity contribution in [1.29, 1.82) is 0 Å². The van der Waals surface area contributed by atoms with Gasteiger partial charge in [0.25, 0.3) is 5.82 Å². The lowest BCUT2D eigenvalue weighted by molar-refractivity contribution is -0.144. The molecule has 0 radical (unpaired) electrons. The van der Waals surface area contributed by atoms with Crippen LogP contribution in [0.15, 0.2) is 12.4 Å². The van der Waals surface area contributed by atoms with E-state index in [9.17, 15) is 18.0 Å². The fraction of sp³-hybridized carbons (Fsp3) is 0.333. The maximum atomic E-state index is 12.3. The molecular weight excluding hydrogens is 301 g/mol. The van der Waals surface area contributed by atoms with E-state index in [2.05, 4.69) is 30.8 Å². The molecule has 0 saturated heterocycles. The normalized spacial score (nSPS) is 11.3. The molecule has 0 atom stereocenters. The van der Waals surface area contributed by atoms with Crippen LogP contribution in [0.4, 0.5) is 23.7 Å². The Hall–Kier alpha value is -2.65. The van der Waals surface area contributed by atoms with Crippen molar-refractivity contribution in [2.45, 2.75) is 26.6 Å². The van der Waals surface area contributed by atoms with Crippen molar-refractivity contribution >= 4 is 11.7 Å². The maximum absolute atomic E-state index is 12.3. The molecule has 2 rings (SSSR count). The number of anilines is 1. The fourth-order valence-corrected chi connectivity index (χ4v) is 1.72. The highest BCUT2D eigenvalue weighted by Gasteiger charge is 2.35. The third-order valence-electron chi connectivity index (χ3n) is 2.77. The van der Waals surface area contributed by atoms with Gasteiger partial charge < -0.3 is 10.6 Å². The predicted molar refractivity (Wildman–Crippen MR) is 71.0 cm³/mol. The first kappa shape index (κ1) is 15.7. The minimum atomic E-state index is -4.62. The van der Waals surface area contributed by atoms with Gasteiger partial charge in [-0.05, 0) is 25.0 Å². The topological polar surface area (TPSA) is 95.6 Å². The first-order chi connectivity index (χ1) is 10.3. The summed E-state index contributed by atoms with van der Waals surface area (Å²) in [5.41, 5.74) is 2.14. The molecule has 0 spiro atoms. The zero-order chi connectivity index (χ0) is 16.3. The van der Waals surface area contributed by atoms with Crippen LogP contribution in [-0.2, 0) is 12.7 Å². The number of H-pyrrole nitrogens is 1. The van der Waals surface area contributed by atoms with Gasteiger partial charge in [0.2, 0.25) is 0 Å². The number of amides is 2.